The van der Waals surface area contributed by atoms with Gasteiger partial charge in [0.2, 0.25) is 0 Å². The Bertz CT molecular complexity index is 843. The molecule has 130 valence electrons. The molecule has 0 radical (unpaired) electrons. The number of urea groups is 1. The lowest BCUT2D eigenvalue weighted by atomic mass is 9.99. The number of rotatable bonds is 5. The maximum absolute atomic E-state index is 12.8. The molecule has 1 N–H and O–H groups in total. The van der Waals surface area contributed by atoms with E-state index in [-0.39, 0.29) is 12.3 Å². The van der Waals surface area contributed by atoms with Crippen LogP contribution in [0.3, 0.4) is 0 Å². The predicted octanol–water partition coefficient (Wildman–Crippen LogP) is 2.46. The van der Waals surface area contributed by atoms with Crippen LogP contribution in [0.5, 0.6) is 5.75 Å². The van der Waals surface area contributed by atoms with Gasteiger partial charge in [-0.15, -0.1) is 0 Å². The van der Waals surface area contributed by atoms with Crippen LogP contribution in [0.1, 0.15) is 35.5 Å². The van der Waals surface area contributed by atoms with Crippen LogP contribution in [0, 0.1) is 0 Å². The lowest BCUT2D eigenvalue weighted by Crippen LogP contribution is -2.40. The van der Waals surface area contributed by atoms with Crippen LogP contribution in [0.15, 0.2) is 41.0 Å². The van der Waals surface area contributed by atoms with Gasteiger partial charge < -0.3 is 14.5 Å². The first kappa shape index (κ1) is 16.8. The van der Waals surface area contributed by atoms with E-state index in [9.17, 15) is 14.4 Å². The summed E-state index contributed by atoms with van der Waals surface area (Å²) in [5.74, 6) is 0.319. The number of carbonyl (C=O) groups is 3. The van der Waals surface area contributed by atoms with Crippen molar-refractivity contribution in [2.45, 2.75) is 25.9 Å². The zero-order chi connectivity index (χ0) is 18.2. The minimum Gasteiger partial charge on any atom is -0.496 e. The van der Waals surface area contributed by atoms with Crippen molar-refractivity contribution in [3.05, 3.63) is 53.5 Å². The number of carbonyl (C=O) groups excluding carboxylic acids is 3. The molecule has 0 aliphatic carbocycles. The fourth-order valence-corrected chi connectivity index (χ4v) is 2.86. The number of nitrogens with one attached hydrogen (secondary N) is 1. The van der Waals surface area contributed by atoms with Gasteiger partial charge in [-0.1, -0.05) is 0 Å². The Balaban J connectivity index is 1.93. The van der Waals surface area contributed by atoms with E-state index in [1.54, 1.807) is 37.3 Å². The first-order chi connectivity index (χ1) is 11.9. The number of imide groups is 1. The van der Waals surface area contributed by atoms with Crippen LogP contribution >= 0.6 is 0 Å². The van der Waals surface area contributed by atoms with E-state index < -0.39 is 17.5 Å². The quantitative estimate of drug-likeness (QED) is 0.666. The van der Waals surface area contributed by atoms with Gasteiger partial charge in [0, 0.05) is 11.1 Å². The van der Waals surface area contributed by atoms with Crippen LogP contribution in [0.25, 0.3) is 0 Å². The number of ether oxygens (including phenoxy) is 1. The maximum Gasteiger partial charge on any atom is 0.325 e. The smallest absolute Gasteiger partial charge is 0.325 e. The van der Waals surface area contributed by atoms with Crippen molar-refractivity contribution in [3.8, 4) is 5.75 Å². The van der Waals surface area contributed by atoms with E-state index in [0.29, 0.717) is 22.6 Å². The Hall–Kier alpha value is -3.09. The molecule has 7 heteroatoms. The maximum atomic E-state index is 12.8. The Morgan fingerprint density at radius 3 is 2.68 bits per heavy atom. The molecule has 2 aromatic rings. The second-order valence-corrected chi connectivity index (χ2v) is 6.01. The van der Waals surface area contributed by atoms with Crippen molar-refractivity contribution < 1.29 is 23.5 Å². The Morgan fingerprint density at radius 1 is 1.32 bits per heavy atom. The van der Waals surface area contributed by atoms with E-state index >= 15 is 0 Å². The van der Waals surface area contributed by atoms with Crippen LogP contribution in [0.4, 0.5) is 4.79 Å². The van der Waals surface area contributed by atoms with Gasteiger partial charge in [0.1, 0.15) is 11.5 Å². The molecule has 1 fully saturated rings. The van der Waals surface area contributed by atoms with Crippen molar-refractivity contribution in [2.24, 2.45) is 0 Å². The monoisotopic (exact) mass is 342 g/mol. The van der Waals surface area contributed by atoms with Gasteiger partial charge in [-0.05, 0) is 44.2 Å². The molecule has 1 atom stereocenters. The highest BCUT2D eigenvalue weighted by Gasteiger charge is 2.51. The van der Waals surface area contributed by atoms with E-state index in [1.165, 1.54) is 20.3 Å². The highest BCUT2D eigenvalue weighted by atomic mass is 16.5. The van der Waals surface area contributed by atoms with Gasteiger partial charge in [-0.3, -0.25) is 14.5 Å². The summed E-state index contributed by atoms with van der Waals surface area (Å²) >= 11 is 0. The van der Waals surface area contributed by atoms with Gasteiger partial charge in [0.15, 0.2) is 11.3 Å². The number of hydrogen-bond donors (Lipinski definition) is 1. The second kappa shape index (κ2) is 6.08. The lowest BCUT2D eigenvalue weighted by molar-refractivity contribution is -0.132. The summed E-state index contributed by atoms with van der Waals surface area (Å²) in [4.78, 5) is 37.9. The minimum absolute atomic E-state index is 0.00867. The molecule has 2 heterocycles. The second-order valence-electron chi connectivity index (χ2n) is 6.01. The molecule has 1 saturated heterocycles. The van der Waals surface area contributed by atoms with Gasteiger partial charge >= 0.3 is 6.03 Å². The standard InChI is InChI=1S/C18H18N2O5/c1-11(21)12-6-7-14(24-3)13(9-12)10-20-16(22)18(2,19-17(20)23)15-5-4-8-25-15/h4-9H,10H2,1-3H3,(H,19,23)/t18-/m1/s1. The first-order valence-corrected chi connectivity index (χ1v) is 7.72. The first-order valence-electron chi connectivity index (χ1n) is 7.72. The van der Waals surface area contributed by atoms with Crippen LogP contribution in [0.2, 0.25) is 0 Å². The number of ketones is 1. The molecule has 1 aliphatic rings. The molecular weight excluding hydrogens is 324 g/mol. The van der Waals surface area contributed by atoms with Crippen LogP contribution in [-0.4, -0.2) is 29.7 Å². The van der Waals surface area contributed by atoms with E-state index in [1.807, 2.05) is 0 Å². The van der Waals surface area contributed by atoms with Crippen molar-refractivity contribution in [2.75, 3.05) is 7.11 Å². The molecule has 1 aromatic carbocycles. The Morgan fingerprint density at radius 2 is 2.08 bits per heavy atom. The van der Waals surface area contributed by atoms with Crippen molar-refractivity contribution in [1.29, 1.82) is 0 Å². The van der Waals surface area contributed by atoms with Crippen molar-refractivity contribution >= 4 is 17.7 Å². The summed E-state index contributed by atoms with van der Waals surface area (Å²) in [6.45, 7) is 3.04. The topological polar surface area (TPSA) is 88.8 Å². The van der Waals surface area contributed by atoms with E-state index in [2.05, 4.69) is 5.32 Å². The number of Topliss-reactive ketones (excluding diaryl/α,β-unsaturated/α-hetero) is 1. The molecular formula is C18H18N2O5. The molecule has 7 nitrogen and oxygen atoms in total. The zero-order valence-corrected chi connectivity index (χ0v) is 14.2. The lowest BCUT2D eigenvalue weighted by Gasteiger charge is -2.19. The highest BCUT2D eigenvalue weighted by molar-refractivity contribution is 6.06. The molecule has 0 saturated carbocycles. The Kier molecular flexibility index (Phi) is 4.08. The summed E-state index contributed by atoms with van der Waals surface area (Å²) in [7, 11) is 1.49. The van der Waals surface area contributed by atoms with Crippen LogP contribution in [-0.2, 0) is 16.9 Å². The summed E-state index contributed by atoms with van der Waals surface area (Å²) in [5.41, 5.74) is -0.203. The summed E-state index contributed by atoms with van der Waals surface area (Å²) < 4.78 is 10.6. The van der Waals surface area contributed by atoms with Gasteiger partial charge in [-0.2, -0.15) is 0 Å². The molecule has 0 spiro atoms. The minimum atomic E-state index is -1.26. The van der Waals surface area contributed by atoms with Crippen molar-refractivity contribution in [1.82, 2.24) is 10.2 Å². The number of amides is 3. The summed E-state index contributed by atoms with van der Waals surface area (Å²) in [5, 5.41) is 2.66. The number of nitrogens with zero attached hydrogens (tertiary/aromatic N) is 1. The Labute approximate surface area is 144 Å². The molecule has 1 aromatic heterocycles. The van der Waals surface area contributed by atoms with E-state index in [0.717, 1.165) is 4.90 Å². The fourth-order valence-electron chi connectivity index (χ4n) is 2.86. The normalized spacial score (nSPS) is 19.9. The van der Waals surface area contributed by atoms with Gasteiger partial charge in [0.05, 0.1) is 19.9 Å². The molecule has 0 bridgehead atoms. The zero-order valence-electron chi connectivity index (χ0n) is 14.2. The SMILES string of the molecule is COc1ccc(C(C)=O)cc1CN1C(=O)N[C@](C)(c2ccco2)C1=O. The third kappa shape index (κ3) is 2.77. The number of hydrogen-bond acceptors (Lipinski definition) is 5. The van der Waals surface area contributed by atoms with Crippen LogP contribution < -0.4 is 10.1 Å². The predicted molar refractivity (Wildman–Crippen MR) is 88.1 cm³/mol. The average Bonchev–Trinajstić information content (AvgIpc) is 3.19. The molecule has 1 aliphatic heterocycles. The third-order valence-electron chi connectivity index (χ3n) is 4.30. The number of furan rings is 1. The molecule has 25 heavy (non-hydrogen) atoms. The largest absolute Gasteiger partial charge is 0.496 e. The summed E-state index contributed by atoms with van der Waals surface area (Å²) in [6.07, 6.45) is 1.45. The highest BCUT2D eigenvalue weighted by Crippen LogP contribution is 2.31. The average molecular weight is 342 g/mol. The molecule has 3 rings (SSSR count). The number of benzene rings is 1. The number of methoxy groups -OCH3 is 1. The van der Waals surface area contributed by atoms with E-state index in [4.69, 9.17) is 9.15 Å². The van der Waals surface area contributed by atoms with Gasteiger partial charge in [-0.25, -0.2) is 4.79 Å². The molecule has 0 unspecified atom stereocenters. The third-order valence-corrected chi connectivity index (χ3v) is 4.30. The fraction of sp³-hybridized carbons (Fsp3) is 0.278. The van der Waals surface area contributed by atoms with Crippen molar-refractivity contribution in [3.63, 3.8) is 0 Å². The molecule has 3 amide bonds. The van der Waals surface area contributed by atoms with Gasteiger partial charge in [0.25, 0.3) is 5.91 Å². The summed E-state index contributed by atoms with van der Waals surface area (Å²) in [6, 6.07) is 7.68.